The normalized spacial score (nSPS) is 15.8. The molecule has 0 saturated carbocycles. The van der Waals surface area contributed by atoms with Crippen molar-refractivity contribution in [1.29, 1.82) is 0 Å². The van der Waals surface area contributed by atoms with Gasteiger partial charge in [0.15, 0.2) is 0 Å². The summed E-state index contributed by atoms with van der Waals surface area (Å²) in [6, 6.07) is 29.1. The topological polar surface area (TPSA) is 24.4 Å². The number of rotatable bonds is 5. The molecule has 4 rings (SSSR count). The van der Waals surface area contributed by atoms with E-state index in [2.05, 4.69) is 73.2 Å². The van der Waals surface area contributed by atoms with Crippen molar-refractivity contribution in [2.45, 2.75) is 26.2 Å². The van der Waals surface area contributed by atoms with E-state index in [9.17, 15) is 0 Å². The van der Waals surface area contributed by atoms with Crippen LogP contribution in [-0.2, 0) is 0 Å². The highest BCUT2D eigenvalue weighted by Gasteiger charge is 2.19. The van der Waals surface area contributed by atoms with Crippen molar-refractivity contribution >= 4 is 23.2 Å². The van der Waals surface area contributed by atoms with E-state index in [0.29, 0.717) is 0 Å². The largest absolute Gasteiger partial charge is 0.361 e. The fourth-order valence-electron chi connectivity index (χ4n) is 3.77. The van der Waals surface area contributed by atoms with Gasteiger partial charge in [0.2, 0.25) is 0 Å². The average Bonchev–Trinajstić information content (AvgIpc) is 2.78. The van der Waals surface area contributed by atoms with Crippen molar-refractivity contribution in [1.82, 2.24) is 0 Å². The molecule has 0 radical (unpaired) electrons. The monoisotopic (exact) mass is 378 g/mol. The number of aryl methyl sites for hydroxylation is 1. The molecule has 1 aliphatic rings. The lowest BCUT2D eigenvalue weighted by atomic mass is 9.82. The van der Waals surface area contributed by atoms with Crippen LogP contribution in [0, 0.1) is 6.92 Å². The van der Waals surface area contributed by atoms with Crippen LogP contribution in [0.25, 0.3) is 5.57 Å². The van der Waals surface area contributed by atoms with Gasteiger partial charge in [-0.05, 0) is 78.3 Å². The third-order valence-corrected chi connectivity index (χ3v) is 5.26. The first-order chi connectivity index (χ1) is 14.3. The summed E-state index contributed by atoms with van der Waals surface area (Å²) in [5, 5.41) is 3.49. The molecule has 1 aliphatic carbocycles. The van der Waals surface area contributed by atoms with Gasteiger partial charge < -0.3 is 5.32 Å². The van der Waals surface area contributed by atoms with E-state index in [1.165, 1.54) is 27.8 Å². The molecule has 0 fully saturated rings. The van der Waals surface area contributed by atoms with Crippen molar-refractivity contribution in [3.05, 3.63) is 113 Å². The maximum atomic E-state index is 4.76. The number of anilines is 1. The fourth-order valence-corrected chi connectivity index (χ4v) is 3.77. The maximum absolute atomic E-state index is 4.76. The quantitative estimate of drug-likeness (QED) is 0.462. The Morgan fingerprint density at radius 3 is 2.24 bits per heavy atom. The van der Waals surface area contributed by atoms with Gasteiger partial charge in [-0.3, -0.25) is 4.99 Å². The van der Waals surface area contributed by atoms with Gasteiger partial charge in [-0.25, -0.2) is 0 Å². The second-order valence-electron chi connectivity index (χ2n) is 7.34. The number of nitrogens with zero attached hydrogens (tertiary/aromatic N) is 1. The molecule has 0 amide bonds. The molecule has 0 heterocycles. The molecule has 0 aromatic heterocycles. The van der Waals surface area contributed by atoms with E-state index in [1.54, 1.807) is 0 Å². The summed E-state index contributed by atoms with van der Waals surface area (Å²) in [7, 11) is 0. The molecule has 0 spiro atoms. The van der Waals surface area contributed by atoms with Gasteiger partial charge in [-0.1, -0.05) is 60.7 Å². The molecule has 3 aromatic rings. The lowest BCUT2D eigenvalue weighted by molar-refractivity contribution is 0.813. The molecule has 2 nitrogen and oxygen atoms in total. The van der Waals surface area contributed by atoms with Crippen LogP contribution in [0.3, 0.4) is 0 Å². The standard InChI is InChI=1S/C27H26N2/c1-21-11-8-9-18-26(21)27-22(19-28-24-14-4-2-5-15-24)12-10-13-23(27)20-29-25-16-6-3-7-17-25/h2-9,11,14-20,28H,10,12-13H2,1H3/b22-19+,29-20+. The van der Waals surface area contributed by atoms with Gasteiger partial charge in [0, 0.05) is 18.1 Å². The fraction of sp³-hybridized carbons (Fsp3) is 0.148. The van der Waals surface area contributed by atoms with Crippen LogP contribution < -0.4 is 5.32 Å². The van der Waals surface area contributed by atoms with E-state index in [1.807, 2.05) is 36.4 Å². The SMILES string of the molecule is Cc1ccccc1C1=C(/C=N/c2ccccc2)CCC/C1=C\Nc1ccccc1. The smallest absolute Gasteiger partial charge is 0.0629 e. The molecule has 29 heavy (non-hydrogen) atoms. The molecule has 144 valence electrons. The lowest BCUT2D eigenvalue weighted by Gasteiger charge is -2.23. The molecule has 0 bridgehead atoms. The van der Waals surface area contributed by atoms with Crippen molar-refractivity contribution in [3.8, 4) is 0 Å². The number of aliphatic imine (C=N–C) groups is 1. The molecular formula is C27H26N2. The van der Waals surface area contributed by atoms with Crippen LogP contribution in [0.4, 0.5) is 11.4 Å². The van der Waals surface area contributed by atoms with Crippen LogP contribution >= 0.6 is 0 Å². The second-order valence-corrected chi connectivity index (χ2v) is 7.34. The van der Waals surface area contributed by atoms with Gasteiger partial charge in [-0.15, -0.1) is 0 Å². The number of benzene rings is 3. The highest BCUT2D eigenvalue weighted by Crippen LogP contribution is 2.37. The Balaban J connectivity index is 1.76. The maximum Gasteiger partial charge on any atom is 0.0629 e. The number of hydrogen-bond donors (Lipinski definition) is 1. The first-order valence-corrected chi connectivity index (χ1v) is 10.2. The molecule has 0 aliphatic heterocycles. The van der Waals surface area contributed by atoms with Gasteiger partial charge in [-0.2, -0.15) is 0 Å². The van der Waals surface area contributed by atoms with Crippen LogP contribution in [0.1, 0.15) is 30.4 Å². The number of allylic oxidation sites excluding steroid dienone is 3. The Morgan fingerprint density at radius 2 is 1.48 bits per heavy atom. The predicted molar refractivity (Wildman–Crippen MR) is 125 cm³/mol. The first-order valence-electron chi connectivity index (χ1n) is 10.2. The average molecular weight is 379 g/mol. The van der Waals surface area contributed by atoms with E-state index >= 15 is 0 Å². The minimum atomic E-state index is 0.989. The minimum absolute atomic E-state index is 0.989. The van der Waals surface area contributed by atoms with E-state index in [4.69, 9.17) is 4.99 Å². The summed E-state index contributed by atoms with van der Waals surface area (Å²) in [6.07, 6.45) is 7.47. The summed E-state index contributed by atoms with van der Waals surface area (Å²) in [6.45, 7) is 2.19. The highest BCUT2D eigenvalue weighted by molar-refractivity contribution is 5.98. The number of hydrogen-bond acceptors (Lipinski definition) is 2. The third-order valence-electron chi connectivity index (χ3n) is 5.26. The third kappa shape index (κ3) is 4.72. The Kier molecular flexibility index (Phi) is 6.01. The lowest BCUT2D eigenvalue weighted by Crippen LogP contribution is -2.07. The predicted octanol–water partition coefficient (Wildman–Crippen LogP) is 7.33. The van der Waals surface area contributed by atoms with Crippen molar-refractivity contribution in [2.24, 2.45) is 4.99 Å². The zero-order chi connectivity index (χ0) is 19.9. The molecule has 1 N–H and O–H groups in total. The van der Waals surface area contributed by atoms with E-state index in [0.717, 1.165) is 30.6 Å². The van der Waals surface area contributed by atoms with Gasteiger partial charge in [0.25, 0.3) is 0 Å². The molecular weight excluding hydrogens is 352 g/mol. The summed E-state index contributed by atoms with van der Waals surface area (Å²) in [5.74, 6) is 0. The Hall–Kier alpha value is -3.39. The Labute approximate surface area is 173 Å². The zero-order valence-electron chi connectivity index (χ0n) is 16.8. The summed E-state index contributed by atoms with van der Waals surface area (Å²) >= 11 is 0. The highest BCUT2D eigenvalue weighted by atomic mass is 14.8. The van der Waals surface area contributed by atoms with Gasteiger partial charge >= 0.3 is 0 Å². The van der Waals surface area contributed by atoms with E-state index in [-0.39, 0.29) is 0 Å². The minimum Gasteiger partial charge on any atom is -0.361 e. The first kappa shape index (κ1) is 18.9. The summed E-state index contributed by atoms with van der Waals surface area (Å²) in [5.41, 5.74) is 8.64. The van der Waals surface area contributed by atoms with Crippen LogP contribution in [0.5, 0.6) is 0 Å². The molecule has 3 aromatic carbocycles. The van der Waals surface area contributed by atoms with Crippen molar-refractivity contribution in [2.75, 3.05) is 5.32 Å². The van der Waals surface area contributed by atoms with Gasteiger partial charge in [0.1, 0.15) is 0 Å². The molecule has 0 saturated heterocycles. The van der Waals surface area contributed by atoms with Crippen LogP contribution in [-0.4, -0.2) is 6.21 Å². The van der Waals surface area contributed by atoms with Gasteiger partial charge in [0.05, 0.1) is 5.69 Å². The summed E-state index contributed by atoms with van der Waals surface area (Å²) < 4.78 is 0. The Morgan fingerprint density at radius 1 is 0.793 bits per heavy atom. The van der Waals surface area contributed by atoms with Crippen molar-refractivity contribution < 1.29 is 0 Å². The Bertz CT molecular complexity index is 1040. The second kappa shape index (κ2) is 9.20. The molecule has 2 heteroatoms. The molecule has 0 unspecified atom stereocenters. The number of para-hydroxylation sites is 2. The van der Waals surface area contributed by atoms with E-state index < -0.39 is 0 Å². The van der Waals surface area contributed by atoms with Crippen LogP contribution in [0.15, 0.2) is 107 Å². The number of nitrogens with one attached hydrogen (secondary N) is 1. The summed E-state index contributed by atoms with van der Waals surface area (Å²) in [4.78, 5) is 4.76. The van der Waals surface area contributed by atoms with Crippen molar-refractivity contribution in [3.63, 3.8) is 0 Å². The zero-order valence-corrected chi connectivity index (χ0v) is 16.8. The van der Waals surface area contributed by atoms with Crippen LogP contribution in [0.2, 0.25) is 0 Å². The molecule has 0 atom stereocenters.